The van der Waals surface area contributed by atoms with Crippen LogP contribution in [0.25, 0.3) is 0 Å². The van der Waals surface area contributed by atoms with Gasteiger partial charge < -0.3 is 15.8 Å². The first kappa shape index (κ1) is 16.5. The van der Waals surface area contributed by atoms with E-state index < -0.39 is 6.10 Å². The highest BCUT2D eigenvalue weighted by Crippen LogP contribution is 2.16. The largest absolute Gasteiger partial charge is 0.481 e. The molecule has 4 heteroatoms. The SMILES string of the molecule is CCCNC(=O)C(C)Oc1cccc(CC(N)CC)c1. The molecular formula is C16H26N2O2. The first-order valence-electron chi connectivity index (χ1n) is 7.35. The highest BCUT2D eigenvalue weighted by atomic mass is 16.5. The average Bonchev–Trinajstić information content (AvgIpc) is 2.44. The van der Waals surface area contributed by atoms with E-state index >= 15 is 0 Å². The fourth-order valence-electron chi connectivity index (χ4n) is 1.84. The van der Waals surface area contributed by atoms with E-state index in [1.165, 1.54) is 0 Å². The number of carbonyl (C=O) groups excluding carboxylic acids is 1. The van der Waals surface area contributed by atoms with Gasteiger partial charge in [-0.1, -0.05) is 26.0 Å². The second kappa shape index (κ2) is 8.59. The molecule has 0 radical (unpaired) electrons. The third-order valence-corrected chi connectivity index (χ3v) is 3.15. The van der Waals surface area contributed by atoms with E-state index in [0.717, 1.165) is 24.8 Å². The minimum Gasteiger partial charge on any atom is -0.481 e. The average molecular weight is 278 g/mol. The van der Waals surface area contributed by atoms with E-state index in [1.807, 2.05) is 31.2 Å². The first-order valence-corrected chi connectivity index (χ1v) is 7.35. The number of ether oxygens (including phenoxy) is 1. The van der Waals surface area contributed by atoms with Crippen LogP contribution in [0.3, 0.4) is 0 Å². The van der Waals surface area contributed by atoms with Gasteiger partial charge in [0.15, 0.2) is 6.10 Å². The Kier molecular flexibility index (Phi) is 7.09. The van der Waals surface area contributed by atoms with Gasteiger partial charge in [0.25, 0.3) is 5.91 Å². The summed E-state index contributed by atoms with van der Waals surface area (Å²) in [6.45, 7) is 6.53. The summed E-state index contributed by atoms with van der Waals surface area (Å²) >= 11 is 0. The van der Waals surface area contributed by atoms with Gasteiger partial charge in [-0.05, 0) is 43.9 Å². The molecule has 0 saturated carbocycles. The number of hydrogen-bond acceptors (Lipinski definition) is 3. The van der Waals surface area contributed by atoms with Crippen molar-refractivity contribution in [2.24, 2.45) is 5.73 Å². The highest BCUT2D eigenvalue weighted by Gasteiger charge is 2.14. The van der Waals surface area contributed by atoms with Gasteiger partial charge in [-0.2, -0.15) is 0 Å². The lowest BCUT2D eigenvalue weighted by atomic mass is 10.0. The maximum Gasteiger partial charge on any atom is 0.260 e. The van der Waals surface area contributed by atoms with Crippen molar-refractivity contribution < 1.29 is 9.53 Å². The first-order chi connectivity index (χ1) is 9.56. The minimum absolute atomic E-state index is 0.0810. The molecule has 3 N–H and O–H groups in total. The van der Waals surface area contributed by atoms with E-state index in [-0.39, 0.29) is 11.9 Å². The molecule has 0 saturated heterocycles. The summed E-state index contributed by atoms with van der Waals surface area (Å²) < 4.78 is 5.68. The predicted molar refractivity (Wildman–Crippen MR) is 81.8 cm³/mol. The van der Waals surface area contributed by atoms with Crippen LogP contribution in [0, 0.1) is 0 Å². The fourth-order valence-corrected chi connectivity index (χ4v) is 1.84. The molecule has 0 aliphatic heterocycles. The molecule has 0 spiro atoms. The van der Waals surface area contributed by atoms with Gasteiger partial charge in [0.1, 0.15) is 5.75 Å². The molecule has 1 aromatic rings. The van der Waals surface area contributed by atoms with Crippen molar-refractivity contribution in [3.05, 3.63) is 29.8 Å². The van der Waals surface area contributed by atoms with Crippen LogP contribution < -0.4 is 15.8 Å². The quantitative estimate of drug-likeness (QED) is 0.766. The third kappa shape index (κ3) is 5.61. The van der Waals surface area contributed by atoms with Gasteiger partial charge in [-0.25, -0.2) is 0 Å². The van der Waals surface area contributed by atoms with Crippen molar-refractivity contribution in [2.75, 3.05) is 6.54 Å². The Hall–Kier alpha value is -1.55. The van der Waals surface area contributed by atoms with E-state index in [0.29, 0.717) is 12.3 Å². The summed E-state index contributed by atoms with van der Waals surface area (Å²) in [5.74, 6) is 0.632. The van der Waals surface area contributed by atoms with Gasteiger partial charge in [-0.15, -0.1) is 0 Å². The second-order valence-electron chi connectivity index (χ2n) is 5.07. The molecule has 1 aromatic carbocycles. The van der Waals surface area contributed by atoms with Gasteiger partial charge >= 0.3 is 0 Å². The lowest BCUT2D eigenvalue weighted by Crippen LogP contribution is -2.36. The molecule has 4 nitrogen and oxygen atoms in total. The standard InChI is InChI=1S/C16H26N2O2/c1-4-9-18-16(19)12(3)20-15-8-6-7-13(11-15)10-14(17)5-2/h6-8,11-12,14H,4-5,9-10,17H2,1-3H3,(H,18,19). The molecule has 2 unspecified atom stereocenters. The molecule has 0 fully saturated rings. The van der Waals surface area contributed by atoms with Gasteiger partial charge in [0.05, 0.1) is 0 Å². The summed E-state index contributed by atoms with van der Waals surface area (Å²) in [6.07, 6.45) is 2.20. The number of nitrogens with two attached hydrogens (primary N) is 1. The molecule has 0 bridgehead atoms. The number of nitrogens with one attached hydrogen (secondary N) is 1. The lowest BCUT2D eigenvalue weighted by Gasteiger charge is -2.15. The van der Waals surface area contributed by atoms with Crippen LogP contribution in [0.4, 0.5) is 0 Å². The predicted octanol–water partition coefficient (Wildman–Crippen LogP) is 2.26. The number of rotatable bonds is 8. The van der Waals surface area contributed by atoms with Crippen LogP contribution in [0.2, 0.25) is 0 Å². The molecule has 20 heavy (non-hydrogen) atoms. The maximum absolute atomic E-state index is 11.8. The Morgan fingerprint density at radius 3 is 2.80 bits per heavy atom. The Bertz CT molecular complexity index is 421. The topological polar surface area (TPSA) is 64.3 Å². The van der Waals surface area contributed by atoms with Crippen molar-refractivity contribution in [1.82, 2.24) is 5.32 Å². The summed E-state index contributed by atoms with van der Waals surface area (Å²) in [7, 11) is 0. The summed E-state index contributed by atoms with van der Waals surface area (Å²) in [6, 6.07) is 7.95. The molecule has 1 amide bonds. The van der Waals surface area contributed by atoms with Crippen LogP contribution in [0.1, 0.15) is 39.2 Å². The van der Waals surface area contributed by atoms with E-state index in [2.05, 4.69) is 12.2 Å². The molecular weight excluding hydrogens is 252 g/mol. The zero-order valence-electron chi connectivity index (χ0n) is 12.7. The number of hydrogen-bond donors (Lipinski definition) is 2. The summed E-state index contributed by atoms with van der Waals surface area (Å²) in [5.41, 5.74) is 7.09. The zero-order valence-corrected chi connectivity index (χ0v) is 12.7. The lowest BCUT2D eigenvalue weighted by molar-refractivity contribution is -0.127. The van der Waals surface area contributed by atoms with E-state index in [9.17, 15) is 4.79 Å². The third-order valence-electron chi connectivity index (χ3n) is 3.15. The van der Waals surface area contributed by atoms with Crippen molar-refractivity contribution in [3.63, 3.8) is 0 Å². The number of benzene rings is 1. The van der Waals surface area contributed by atoms with Crippen molar-refractivity contribution in [2.45, 2.75) is 52.2 Å². The normalized spacial score (nSPS) is 13.6. The van der Waals surface area contributed by atoms with E-state index in [1.54, 1.807) is 6.92 Å². The second-order valence-corrected chi connectivity index (χ2v) is 5.07. The van der Waals surface area contributed by atoms with Crippen LogP contribution in [-0.4, -0.2) is 24.6 Å². The summed E-state index contributed by atoms with van der Waals surface area (Å²) in [4.78, 5) is 11.8. The molecule has 0 aliphatic carbocycles. The molecule has 2 atom stereocenters. The minimum atomic E-state index is -0.489. The monoisotopic (exact) mass is 278 g/mol. The molecule has 112 valence electrons. The molecule has 1 rings (SSSR count). The smallest absolute Gasteiger partial charge is 0.260 e. The Balaban J connectivity index is 2.59. The van der Waals surface area contributed by atoms with Crippen LogP contribution >= 0.6 is 0 Å². The molecule has 0 heterocycles. The van der Waals surface area contributed by atoms with Crippen LogP contribution in [0.5, 0.6) is 5.75 Å². The van der Waals surface area contributed by atoms with Crippen molar-refractivity contribution in [1.29, 1.82) is 0 Å². The zero-order chi connectivity index (χ0) is 15.0. The van der Waals surface area contributed by atoms with Gasteiger partial charge in [-0.3, -0.25) is 4.79 Å². The Morgan fingerprint density at radius 2 is 2.15 bits per heavy atom. The Labute approximate surface area is 121 Å². The Morgan fingerprint density at radius 1 is 1.40 bits per heavy atom. The number of carbonyl (C=O) groups is 1. The fraction of sp³-hybridized carbons (Fsp3) is 0.562. The molecule has 0 aliphatic rings. The summed E-state index contributed by atoms with van der Waals surface area (Å²) in [5, 5.41) is 2.82. The van der Waals surface area contributed by atoms with Gasteiger partial charge in [0.2, 0.25) is 0 Å². The van der Waals surface area contributed by atoms with Crippen LogP contribution in [-0.2, 0) is 11.2 Å². The molecule has 0 aromatic heterocycles. The maximum atomic E-state index is 11.8. The van der Waals surface area contributed by atoms with E-state index in [4.69, 9.17) is 10.5 Å². The van der Waals surface area contributed by atoms with Crippen LogP contribution in [0.15, 0.2) is 24.3 Å². The van der Waals surface area contributed by atoms with Gasteiger partial charge in [0, 0.05) is 12.6 Å². The highest BCUT2D eigenvalue weighted by molar-refractivity contribution is 5.80. The van der Waals surface area contributed by atoms with Crippen molar-refractivity contribution in [3.8, 4) is 5.75 Å². The van der Waals surface area contributed by atoms with Crippen molar-refractivity contribution >= 4 is 5.91 Å². The number of amides is 1.